The highest BCUT2D eigenvalue weighted by atomic mass is 16.5. The van der Waals surface area contributed by atoms with Gasteiger partial charge in [-0.1, -0.05) is 4.98 Å². The van der Waals surface area contributed by atoms with Gasteiger partial charge < -0.3 is 5.21 Å². The Kier molecular flexibility index (Phi) is 1.34. The van der Waals surface area contributed by atoms with Crippen molar-refractivity contribution in [3.05, 3.63) is 29.0 Å². The van der Waals surface area contributed by atoms with Gasteiger partial charge >= 0.3 is 0 Å². The molecule has 0 saturated heterocycles. The number of rotatable bonds is 0. The maximum atomic E-state index is 10.5. The van der Waals surface area contributed by atoms with E-state index in [0.717, 1.165) is 11.3 Å². The molecule has 0 bridgehead atoms. The fraction of sp³-hybridized carbons (Fsp3) is 0.333. The van der Waals surface area contributed by atoms with Crippen LogP contribution in [0, 0.1) is 19.1 Å². The van der Waals surface area contributed by atoms with Gasteiger partial charge in [-0.2, -0.15) is 0 Å². The third kappa shape index (κ3) is 1.16. The Morgan fingerprint density at radius 1 is 1.56 bits per heavy atom. The van der Waals surface area contributed by atoms with Crippen molar-refractivity contribution >= 4 is 0 Å². The number of hydrogen-bond donors (Lipinski definition) is 0. The Labute approximate surface area is 53.6 Å². The molecule has 0 aromatic carbocycles. The van der Waals surface area contributed by atoms with Crippen LogP contribution in [0.3, 0.4) is 0 Å². The second-order valence-electron chi connectivity index (χ2n) is 2.00. The van der Waals surface area contributed by atoms with Crippen LogP contribution >= 0.6 is 0 Å². The van der Waals surface area contributed by atoms with Crippen LogP contribution in [0.2, 0.25) is 0 Å². The maximum absolute atomic E-state index is 10.5. The van der Waals surface area contributed by atoms with Crippen LogP contribution in [-0.4, -0.2) is 4.98 Å². The quantitative estimate of drug-likeness (QED) is 0.369. The molecule has 3 heteroatoms. The SMILES string of the molecule is Cc1c[n+]([O-])cnc1C. The van der Waals surface area contributed by atoms with Crippen LogP contribution in [0.4, 0.5) is 0 Å². The van der Waals surface area contributed by atoms with Crippen LogP contribution < -0.4 is 4.73 Å². The molecule has 1 heterocycles. The van der Waals surface area contributed by atoms with Gasteiger partial charge in [0.15, 0.2) is 5.69 Å². The lowest BCUT2D eigenvalue weighted by atomic mass is 10.3. The molecule has 0 N–H and O–H groups in total. The maximum Gasteiger partial charge on any atom is 0.289 e. The van der Waals surface area contributed by atoms with E-state index in [1.54, 1.807) is 0 Å². The molecule has 1 aromatic rings. The molecule has 0 unspecified atom stereocenters. The monoisotopic (exact) mass is 124 g/mol. The molecule has 0 radical (unpaired) electrons. The molecule has 1 aromatic heterocycles. The van der Waals surface area contributed by atoms with Crippen molar-refractivity contribution in [1.82, 2.24) is 4.98 Å². The lowest BCUT2D eigenvalue weighted by Gasteiger charge is -1.98. The molecule has 0 aliphatic heterocycles. The zero-order chi connectivity index (χ0) is 6.85. The lowest BCUT2D eigenvalue weighted by molar-refractivity contribution is -0.609. The Hall–Kier alpha value is -1.12. The molecule has 0 aliphatic carbocycles. The van der Waals surface area contributed by atoms with Gasteiger partial charge in [-0.05, 0) is 6.92 Å². The van der Waals surface area contributed by atoms with Crippen molar-refractivity contribution in [2.24, 2.45) is 0 Å². The highest BCUT2D eigenvalue weighted by molar-refractivity contribution is 5.08. The van der Waals surface area contributed by atoms with E-state index < -0.39 is 0 Å². The molecule has 0 spiro atoms. The van der Waals surface area contributed by atoms with Gasteiger partial charge in [0.25, 0.3) is 6.33 Å². The smallest absolute Gasteiger partial charge is 0.289 e. The third-order valence-corrected chi connectivity index (χ3v) is 1.26. The van der Waals surface area contributed by atoms with E-state index in [2.05, 4.69) is 4.98 Å². The van der Waals surface area contributed by atoms with Gasteiger partial charge in [-0.15, -0.1) is 0 Å². The summed E-state index contributed by atoms with van der Waals surface area (Å²) in [7, 11) is 0. The van der Waals surface area contributed by atoms with Crippen LogP contribution in [0.1, 0.15) is 11.3 Å². The molecule has 48 valence electrons. The zero-order valence-corrected chi connectivity index (χ0v) is 5.46. The Morgan fingerprint density at radius 3 is 2.67 bits per heavy atom. The normalized spacial score (nSPS) is 9.56. The van der Waals surface area contributed by atoms with Gasteiger partial charge in [0.2, 0.25) is 0 Å². The molecule has 9 heavy (non-hydrogen) atoms. The van der Waals surface area contributed by atoms with Crippen molar-refractivity contribution in [1.29, 1.82) is 0 Å². The van der Waals surface area contributed by atoms with Gasteiger partial charge in [0.1, 0.15) is 6.20 Å². The van der Waals surface area contributed by atoms with Crippen molar-refractivity contribution < 1.29 is 4.73 Å². The molecule has 0 fully saturated rings. The topological polar surface area (TPSA) is 39.8 Å². The summed E-state index contributed by atoms with van der Waals surface area (Å²) in [5.41, 5.74) is 1.83. The number of aromatic nitrogens is 2. The van der Waals surface area contributed by atoms with Crippen LogP contribution in [0.25, 0.3) is 0 Å². The Morgan fingerprint density at radius 2 is 2.22 bits per heavy atom. The van der Waals surface area contributed by atoms with Gasteiger partial charge in [-0.3, -0.25) is 0 Å². The van der Waals surface area contributed by atoms with Crippen molar-refractivity contribution in [3.8, 4) is 0 Å². The molecular weight excluding hydrogens is 116 g/mol. The van der Waals surface area contributed by atoms with E-state index in [4.69, 9.17) is 0 Å². The minimum absolute atomic E-state index is 0.697. The summed E-state index contributed by atoms with van der Waals surface area (Å²) in [4.78, 5) is 3.83. The molecule has 0 saturated carbocycles. The largest absolute Gasteiger partial charge is 0.711 e. The predicted octanol–water partition coefficient (Wildman–Crippen LogP) is 0.332. The predicted molar refractivity (Wildman–Crippen MR) is 32.7 cm³/mol. The summed E-state index contributed by atoms with van der Waals surface area (Å²) in [6, 6.07) is 0. The average Bonchev–Trinajstić information content (AvgIpc) is 1.80. The number of nitrogens with zero attached hydrogens (tertiary/aromatic N) is 2. The molecule has 0 amide bonds. The first-order valence-electron chi connectivity index (χ1n) is 2.72. The fourth-order valence-corrected chi connectivity index (χ4v) is 0.563. The first kappa shape index (κ1) is 6.01. The van der Waals surface area contributed by atoms with E-state index in [1.807, 2.05) is 13.8 Å². The molecule has 1 rings (SSSR count). The second kappa shape index (κ2) is 2.01. The van der Waals surface area contributed by atoms with Crippen molar-refractivity contribution in [3.63, 3.8) is 0 Å². The summed E-state index contributed by atoms with van der Waals surface area (Å²) in [6.45, 7) is 3.73. The average molecular weight is 124 g/mol. The fourth-order valence-electron chi connectivity index (χ4n) is 0.563. The molecule has 0 aliphatic rings. The van der Waals surface area contributed by atoms with E-state index in [1.165, 1.54) is 12.5 Å². The first-order chi connectivity index (χ1) is 4.20. The van der Waals surface area contributed by atoms with Crippen LogP contribution in [0.5, 0.6) is 0 Å². The summed E-state index contributed by atoms with van der Waals surface area (Å²) < 4.78 is 0.697. The third-order valence-electron chi connectivity index (χ3n) is 1.26. The van der Waals surface area contributed by atoms with E-state index in [0.29, 0.717) is 4.73 Å². The van der Waals surface area contributed by atoms with Gasteiger partial charge in [0, 0.05) is 12.5 Å². The Bertz CT molecular complexity index is 222. The first-order valence-corrected chi connectivity index (χ1v) is 2.72. The minimum atomic E-state index is 0.697. The number of aryl methyl sites for hydroxylation is 2. The van der Waals surface area contributed by atoms with E-state index in [9.17, 15) is 5.21 Å². The molecule has 0 atom stereocenters. The minimum Gasteiger partial charge on any atom is -0.711 e. The number of hydrogen-bond acceptors (Lipinski definition) is 2. The van der Waals surface area contributed by atoms with Gasteiger partial charge in [-0.25, -0.2) is 4.73 Å². The second-order valence-corrected chi connectivity index (χ2v) is 2.00. The Balaban J connectivity index is 3.17. The van der Waals surface area contributed by atoms with E-state index >= 15 is 0 Å². The van der Waals surface area contributed by atoms with Crippen molar-refractivity contribution in [2.45, 2.75) is 13.8 Å². The highest BCUT2D eigenvalue weighted by Gasteiger charge is 1.97. The zero-order valence-electron chi connectivity index (χ0n) is 5.46. The standard InChI is InChI=1S/C6H8N2O/c1-5-3-8(9)4-7-6(5)2/h3-4H,1-2H3. The summed E-state index contributed by atoms with van der Waals surface area (Å²) in [6.07, 6.45) is 2.75. The lowest BCUT2D eigenvalue weighted by Crippen LogP contribution is -2.26. The molecule has 3 nitrogen and oxygen atoms in total. The van der Waals surface area contributed by atoms with E-state index in [-0.39, 0.29) is 0 Å². The van der Waals surface area contributed by atoms with Crippen molar-refractivity contribution in [2.75, 3.05) is 0 Å². The van der Waals surface area contributed by atoms with Gasteiger partial charge in [0.05, 0.1) is 0 Å². The summed E-state index contributed by atoms with van der Waals surface area (Å²) in [5, 5.41) is 10.5. The highest BCUT2D eigenvalue weighted by Crippen LogP contribution is 1.94. The van der Waals surface area contributed by atoms with Crippen LogP contribution in [-0.2, 0) is 0 Å². The van der Waals surface area contributed by atoms with Crippen LogP contribution in [0.15, 0.2) is 12.5 Å². The summed E-state index contributed by atoms with van der Waals surface area (Å²) in [5.74, 6) is 0. The summed E-state index contributed by atoms with van der Waals surface area (Å²) >= 11 is 0. The molecular formula is C6H8N2O.